The molecule has 1 heterocycles. The molecule has 8 heteroatoms. The highest BCUT2D eigenvalue weighted by atomic mass is 19.1. The Morgan fingerprint density at radius 3 is 2.80 bits per heavy atom. The molecule has 0 bridgehead atoms. The van der Waals surface area contributed by atoms with Crippen molar-refractivity contribution in [3.63, 3.8) is 0 Å². The molecule has 3 rings (SSSR count). The fourth-order valence-electron chi connectivity index (χ4n) is 2.77. The van der Waals surface area contributed by atoms with E-state index in [0.717, 1.165) is 12.0 Å². The third-order valence-corrected chi connectivity index (χ3v) is 4.21. The minimum Gasteiger partial charge on any atom is -0.493 e. The first-order valence-corrected chi connectivity index (χ1v) is 9.52. The smallest absolute Gasteiger partial charge is 0.252 e. The molecular formula is C22H23FN4O3. The SMILES string of the molecule is CCCc1cc(=O)[nH]c(NN=Cc2ccc(OCc3ccccc3F)c(OC)c2)n1. The summed E-state index contributed by atoms with van der Waals surface area (Å²) >= 11 is 0. The van der Waals surface area contributed by atoms with E-state index in [1.807, 2.05) is 6.92 Å². The van der Waals surface area contributed by atoms with Crippen molar-refractivity contribution >= 4 is 12.2 Å². The van der Waals surface area contributed by atoms with E-state index in [1.54, 1.807) is 42.6 Å². The Morgan fingerprint density at radius 2 is 2.03 bits per heavy atom. The quantitative estimate of drug-likeness (QED) is 0.413. The van der Waals surface area contributed by atoms with Crippen molar-refractivity contribution in [2.24, 2.45) is 5.10 Å². The largest absolute Gasteiger partial charge is 0.493 e. The van der Waals surface area contributed by atoms with Crippen LogP contribution < -0.4 is 20.5 Å². The van der Waals surface area contributed by atoms with E-state index in [0.29, 0.717) is 29.2 Å². The van der Waals surface area contributed by atoms with Crippen molar-refractivity contribution in [3.05, 3.63) is 81.5 Å². The number of hydrogen-bond donors (Lipinski definition) is 2. The zero-order valence-electron chi connectivity index (χ0n) is 16.8. The number of hydrogen-bond acceptors (Lipinski definition) is 6. The average molecular weight is 410 g/mol. The minimum atomic E-state index is -0.319. The predicted molar refractivity (Wildman–Crippen MR) is 114 cm³/mol. The maximum atomic E-state index is 13.7. The molecule has 7 nitrogen and oxygen atoms in total. The molecule has 0 aliphatic rings. The van der Waals surface area contributed by atoms with Gasteiger partial charge in [0.2, 0.25) is 5.95 Å². The number of halogens is 1. The molecule has 0 unspecified atom stereocenters. The van der Waals surface area contributed by atoms with Crippen molar-refractivity contribution in [1.82, 2.24) is 9.97 Å². The molecule has 0 aliphatic heterocycles. The van der Waals surface area contributed by atoms with Gasteiger partial charge in [0.1, 0.15) is 12.4 Å². The molecule has 1 aromatic heterocycles. The highest BCUT2D eigenvalue weighted by molar-refractivity contribution is 5.81. The summed E-state index contributed by atoms with van der Waals surface area (Å²) in [5.41, 5.74) is 4.40. The summed E-state index contributed by atoms with van der Waals surface area (Å²) in [6, 6.07) is 13.2. The van der Waals surface area contributed by atoms with Crippen LogP contribution in [0.1, 0.15) is 30.2 Å². The van der Waals surface area contributed by atoms with E-state index in [4.69, 9.17) is 9.47 Å². The first kappa shape index (κ1) is 21.0. The zero-order valence-corrected chi connectivity index (χ0v) is 16.8. The number of aryl methyl sites for hydroxylation is 1. The number of benzene rings is 2. The number of nitrogens with one attached hydrogen (secondary N) is 2. The molecule has 0 saturated carbocycles. The number of H-pyrrole nitrogens is 1. The molecule has 0 amide bonds. The van der Waals surface area contributed by atoms with Gasteiger partial charge in [-0.05, 0) is 36.2 Å². The van der Waals surface area contributed by atoms with Crippen molar-refractivity contribution < 1.29 is 13.9 Å². The van der Waals surface area contributed by atoms with E-state index in [2.05, 4.69) is 20.5 Å². The second-order valence-electron chi connectivity index (χ2n) is 6.50. The monoisotopic (exact) mass is 410 g/mol. The van der Waals surface area contributed by atoms with Gasteiger partial charge < -0.3 is 9.47 Å². The molecule has 0 atom stereocenters. The molecule has 3 aromatic rings. The summed E-state index contributed by atoms with van der Waals surface area (Å²) in [6.45, 7) is 2.11. The first-order chi connectivity index (χ1) is 14.6. The predicted octanol–water partition coefficient (Wildman–Crippen LogP) is 3.90. The van der Waals surface area contributed by atoms with Crippen LogP contribution in [0, 0.1) is 5.82 Å². The summed E-state index contributed by atoms with van der Waals surface area (Å²) in [4.78, 5) is 18.6. The van der Waals surface area contributed by atoms with Crippen LogP contribution in [0.25, 0.3) is 0 Å². The Morgan fingerprint density at radius 1 is 1.20 bits per heavy atom. The van der Waals surface area contributed by atoms with E-state index >= 15 is 0 Å². The summed E-state index contributed by atoms with van der Waals surface area (Å²) in [7, 11) is 1.53. The van der Waals surface area contributed by atoms with Crippen molar-refractivity contribution in [3.8, 4) is 11.5 Å². The van der Waals surface area contributed by atoms with Gasteiger partial charge in [-0.1, -0.05) is 31.5 Å². The molecule has 2 aromatic carbocycles. The molecule has 0 saturated heterocycles. The summed E-state index contributed by atoms with van der Waals surface area (Å²) < 4.78 is 24.8. The third-order valence-electron chi connectivity index (χ3n) is 4.21. The van der Waals surface area contributed by atoms with E-state index in [1.165, 1.54) is 19.2 Å². The van der Waals surface area contributed by atoms with Crippen LogP contribution in [0.4, 0.5) is 10.3 Å². The number of aromatic nitrogens is 2. The number of hydrazone groups is 1. The van der Waals surface area contributed by atoms with Crippen molar-refractivity contribution in [2.45, 2.75) is 26.4 Å². The average Bonchev–Trinajstić information content (AvgIpc) is 2.73. The lowest BCUT2D eigenvalue weighted by molar-refractivity contribution is 0.279. The van der Waals surface area contributed by atoms with Gasteiger partial charge in [0.25, 0.3) is 5.56 Å². The lowest BCUT2D eigenvalue weighted by atomic mass is 10.2. The van der Waals surface area contributed by atoms with Crippen LogP contribution in [0.15, 0.2) is 58.4 Å². The van der Waals surface area contributed by atoms with Gasteiger partial charge in [-0.3, -0.25) is 9.78 Å². The van der Waals surface area contributed by atoms with Gasteiger partial charge >= 0.3 is 0 Å². The first-order valence-electron chi connectivity index (χ1n) is 9.52. The van der Waals surface area contributed by atoms with E-state index in [9.17, 15) is 9.18 Å². The lowest BCUT2D eigenvalue weighted by Gasteiger charge is -2.11. The Balaban J connectivity index is 1.67. The van der Waals surface area contributed by atoms with Gasteiger partial charge in [-0.2, -0.15) is 5.10 Å². The Kier molecular flexibility index (Phi) is 7.15. The topological polar surface area (TPSA) is 88.6 Å². The van der Waals surface area contributed by atoms with Crippen LogP contribution in [0.5, 0.6) is 11.5 Å². The summed E-state index contributed by atoms with van der Waals surface area (Å²) in [6.07, 6.45) is 3.17. The highest BCUT2D eigenvalue weighted by Crippen LogP contribution is 2.28. The third kappa shape index (κ3) is 5.66. The minimum absolute atomic E-state index is 0.0885. The molecule has 0 fully saturated rings. The number of anilines is 1. The van der Waals surface area contributed by atoms with Gasteiger partial charge in [0.05, 0.1) is 13.3 Å². The fraction of sp³-hybridized carbons (Fsp3) is 0.227. The van der Waals surface area contributed by atoms with Gasteiger partial charge in [-0.25, -0.2) is 14.8 Å². The number of rotatable bonds is 9. The molecular weight excluding hydrogens is 387 g/mol. The number of ether oxygens (including phenoxy) is 2. The van der Waals surface area contributed by atoms with Crippen molar-refractivity contribution in [2.75, 3.05) is 12.5 Å². The van der Waals surface area contributed by atoms with Gasteiger partial charge in [-0.15, -0.1) is 0 Å². The number of aromatic amines is 1. The van der Waals surface area contributed by atoms with Crippen LogP contribution in [0.3, 0.4) is 0 Å². The fourth-order valence-corrected chi connectivity index (χ4v) is 2.77. The van der Waals surface area contributed by atoms with Crippen LogP contribution in [-0.4, -0.2) is 23.3 Å². The maximum absolute atomic E-state index is 13.7. The highest BCUT2D eigenvalue weighted by Gasteiger charge is 2.08. The van der Waals surface area contributed by atoms with Crippen LogP contribution in [0.2, 0.25) is 0 Å². The standard InChI is InChI=1S/C22H23FN4O3/c1-3-6-17-12-21(28)26-22(25-17)27-24-13-15-9-10-19(20(11-15)29-2)30-14-16-7-4-5-8-18(16)23/h4-5,7-13H,3,6,14H2,1-2H3,(H2,25,26,27,28). The van der Waals surface area contributed by atoms with Gasteiger partial charge in [0, 0.05) is 17.3 Å². The van der Waals surface area contributed by atoms with Crippen LogP contribution >= 0.6 is 0 Å². The van der Waals surface area contributed by atoms with Crippen molar-refractivity contribution in [1.29, 1.82) is 0 Å². The normalized spacial score (nSPS) is 10.9. The Bertz CT molecular complexity index is 1080. The van der Waals surface area contributed by atoms with E-state index in [-0.39, 0.29) is 23.9 Å². The Hall–Kier alpha value is -3.68. The second-order valence-corrected chi connectivity index (χ2v) is 6.50. The summed E-state index contributed by atoms with van der Waals surface area (Å²) in [5, 5.41) is 4.11. The molecule has 0 radical (unpaired) electrons. The maximum Gasteiger partial charge on any atom is 0.252 e. The zero-order chi connectivity index (χ0) is 21.3. The van der Waals surface area contributed by atoms with Gasteiger partial charge in [0.15, 0.2) is 11.5 Å². The number of nitrogens with zero attached hydrogens (tertiary/aromatic N) is 2. The van der Waals surface area contributed by atoms with E-state index < -0.39 is 0 Å². The Labute approximate surface area is 173 Å². The van der Waals surface area contributed by atoms with Crippen LogP contribution in [-0.2, 0) is 13.0 Å². The molecule has 0 spiro atoms. The molecule has 30 heavy (non-hydrogen) atoms. The molecule has 0 aliphatic carbocycles. The molecule has 156 valence electrons. The lowest BCUT2D eigenvalue weighted by Crippen LogP contribution is -2.12. The second kappa shape index (κ2) is 10.2. The summed E-state index contributed by atoms with van der Waals surface area (Å²) in [5.74, 6) is 0.941. The molecule has 2 N–H and O–H groups in total. The number of methoxy groups -OCH3 is 1.